The number of rotatable bonds is 6. The van der Waals surface area contributed by atoms with Crippen LogP contribution in [-0.2, 0) is 4.79 Å². The number of nitrogens with one attached hydrogen (secondary N) is 1. The minimum Gasteiger partial charge on any atom is -0.352 e. The Balaban J connectivity index is 1.40. The summed E-state index contributed by atoms with van der Waals surface area (Å²) in [5, 5.41) is 2.97. The first-order valence-electron chi connectivity index (χ1n) is 9.13. The van der Waals surface area contributed by atoms with Gasteiger partial charge in [-0.25, -0.2) is 0 Å². The molecule has 1 aromatic rings. The van der Waals surface area contributed by atoms with Crippen molar-refractivity contribution in [2.45, 2.75) is 36.7 Å². The Labute approximate surface area is 158 Å². The molecule has 136 valence electrons. The highest BCUT2D eigenvalue weighted by Gasteiger charge is 2.18. The molecule has 3 rings (SSSR count). The van der Waals surface area contributed by atoms with Gasteiger partial charge in [0.2, 0.25) is 5.91 Å². The van der Waals surface area contributed by atoms with Crippen LogP contribution in [0.5, 0.6) is 0 Å². The van der Waals surface area contributed by atoms with E-state index in [1.165, 1.54) is 17.1 Å². The Kier molecular flexibility index (Phi) is 7.11. The van der Waals surface area contributed by atoms with Crippen molar-refractivity contribution in [2.75, 3.05) is 31.1 Å². The molecule has 2 amide bonds. The average molecular weight is 379 g/mol. The molecule has 0 aliphatic carbocycles. The van der Waals surface area contributed by atoms with E-state index in [2.05, 4.69) is 17.4 Å². The van der Waals surface area contributed by atoms with Crippen molar-refractivity contribution in [2.24, 2.45) is 0 Å². The Morgan fingerprint density at radius 2 is 1.88 bits per heavy atom. The molecule has 6 heteroatoms. The molecule has 0 bridgehead atoms. The molecule has 0 aromatic heterocycles. The van der Waals surface area contributed by atoms with Crippen LogP contribution in [0.15, 0.2) is 24.3 Å². The Bertz CT molecular complexity index is 586. The topological polar surface area (TPSA) is 49.4 Å². The number of carbonyl (C=O) groups excluding carboxylic acids is 2. The molecule has 0 radical (unpaired) electrons. The largest absolute Gasteiger partial charge is 0.352 e. The van der Waals surface area contributed by atoms with Crippen LogP contribution >= 0.6 is 23.5 Å². The zero-order valence-electron chi connectivity index (χ0n) is 14.5. The van der Waals surface area contributed by atoms with E-state index >= 15 is 0 Å². The number of carbonyl (C=O) groups is 2. The van der Waals surface area contributed by atoms with Crippen molar-refractivity contribution in [3.8, 4) is 0 Å². The van der Waals surface area contributed by atoms with Gasteiger partial charge < -0.3 is 10.2 Å². The minimum atomic E-state index is -0.0273. The predicted octanol–water partition coefficient (Wildman–Crippen LogP) is 3.69. The fraction of sp³-hybridized carbons (Fsp3) is 0.579. The molecule has 2 fully saturated rings. The number of nitrogens with zero attached hydrogens (tertiary/aromatic N) is 1. The van der Waals surface area contributed by atoms with Crippen molar-refractivity contribution in [1.82, 2.24) is 10.2 Å². The monoisotopic (exact) mass is 378 g/mol. The minimum absolute atomic E-state index is 0.0273. The van der Waals surface area contributed by atoms with E-state index < -0.39 is 0 Å². The molecule has 2 aliphatic rings. The van der Waals surface area contributed by atoms with Crippen LogP contribution in [0, 0.1) is 0 Å². The fourth-order valence-corrected chi connectivity index (χ4v) is 6.05. The van der Waals surface area contributed by atoms with Gasteiger partial charge >= 0.3 is 0 Å². The maximum Gasteiger partial charge on any atom is 0.251 e. The molecular formula is C19H26N2O2S2. The first-order chi connectivity index (χ1) is 12.2. The van der Waals surface area contributed by atoms with Crippen molar-refractivity contribution in [3.05, 3.63) is 35.4 Å². The standard InChI is InChI=1S/C19H26N2O2S2/c22-17-5-2-1-3-11-21(17)12-4-10-20-18(23)15-6-8-16(9-7-15)19-24-13-14-25-19/h6-9,19H,1-5,10-14H2,(H,20,23). The van der Waals surface area contributed by atoms with Crippen molar-refractivity contribution in [1.29, 1.82) is 0 Å². The normalized spacial score (nSPS) is 19.0. The third kappa shape index (κ3) is 5.42. The number of benzene rings is 1. The van der Waals surface area contributed by atoms with Crippen LogP contribution in [0.3, 0.4) is 0 Å². The van der Waals surface area contributed by atoms with Gasteiger partial charge in [0.05, 0.1) is 4.58 Å². The highest BCUT2D eigenvalue weighted by atomic mass is 32.2. The molecule has 2 heterocycles. The predicted molar refractivity (Wildman–Crippen MR) is 106 cm³/mol. The maximum absolute atomic E-state index is 12.2. The van der Waals surface area contributed by atoms with Crippen LogP contribution in [0.1, 0.15) is 52.6 Å². The molecule has 1 N–H and O–H groups in total. The molecule has 0 spiro atoms. The lowest BCUT2D eigenvalue weighted by molar-refractivity contribution is -0.130. The van der Waals surface area contributed by atoms with Crippen molar-refractivity contribution < 1.29 is 9.59 Å². The third-order valence-electron chi connectivity index (χ3n) is 4.63. The lowest BCUT2D eigenvalue weighted by Gasteiger charge is -2.20. The van der Waals surface area contributed by atoms with Gasteiger partial charge in [0.25, 0.3) is 5.91 Å². The zero-order valence-corrected chi connectivity index (χ0v) is 16.2. The van der Waals surface area contributed by atoms with Crippen LogP contribution in [0.4, 0.5) is 0 Å². The average Bonchev–Trinajstić information content (AvgIpc) is 3.10. The molecule has 0 atom stereocenters. The summed E-state index contributed by atoms with van der Waals surface area (Å²) in [4.78, 5) is 26.1. The van der Waals surface area contributed by atoms with E-state index in [1.807, 2.05) is 40.6 Å². The van der Waals surface area contributed by atoms with Crippen molar-refractivity contribution in [3.63, 3.8) is 0 Å². The summed E-state index contributed by atoms with van der Waals surface area (Å²) in [6.07, 6.45) is 4.75. The van der Waals surface area contributed by atoms with Gasteiger partial charge in [0, 0.05) is 43.1 Å². The number of hydrogen-bond donors (Lipinski definition) is 1. The van der Waals surface area contributed by atoms with E-state index in [4.69, 9.17) is 0 Å². The smallest absolute Gasteiger partial charge is 0.251 e. The number of likely N-dealkylation sites (tertiary alicyclic amines) is 1. The summed E-state index contributed by atoms with van der Waals surface area (Å²) in [5.41, 5.74) is 2.01. The van der Waals surface area contributed by atoms with Gasteiger partial charge in [-0.05, 0) is 37.0 Å². The van der Waals surface area contributed by atoms with Crippen LogP contribution in [-0.4, -0.2) is 47.9 Å². The van der Waals surface area contributed by atoms with Crippen LogP contribution in [0.2, 0.25) is 0 Å². The Morgan fingerprint density at radius 3 is 2.64 bits per heavy atom. The lowest BCUT2D eigenvalue weighted by atomic mass is 10.1. The van der Waals surface area contributed by atoms with E-state index in [9.17, 15) is 9.59 Å². The lowest BCUT2D eigenvalue weighted by Crippen LogP contribution is -2.34. The van der Waals surface area contributed by atoms with E-state index in [-0.39, 0.29) is 11.8 Å². The fourth-order valence-electron chi connectivity index (χ4n) is 3.19. The highest BCUT2D eigenvalue weighted by molar-refractivity contribution is 8.19. The number of hydrogen-bond acceptors (Lipinski definition) is 4. The molecule has 4 nitrogen and oxygen atoms in total. The molecular weight excluding hydrogens is 352 g/mol. The van der Waals surface area contributed by atoms with Gasteiger partial charge in [-0.1, -0.05) is 18.6 Å². The molecule has 0 unspecified atom stereocenters. The third-order valence-corrected chi connectivity index (χ3v) is 7.73. The Hall–Kier alpha value is -1.14. The first-order valence-corrected chi connectivity index (χ1v) is 11.2. The van der Waals surface area contributed by atoms with Gasteiger partial charge in [-0.3, -0.25) is 9.59 Å². The van der Waals surface area contributed by atoms with Gasteiger partial charge in [-0.2, -0.15) is 0 Å². The highest BCUT2D eigenvalue weighted by Crippen LogP contribution is 2.45. The molecule has 1 aromatic carbocycles. The second kappa shape index (κ2) is 9.53. The second-order valence-electron chi connectivity index (χ2n) is 6.50. The summed E-state index contributed by atoms with van der Waals surface area (Å²) < 4.78 is 0.517. The van der Waals surface area contributed by atoms with Gasteiger partial charge in [-0.15, -0.1) is 23.5 Å². The summed E-state index contributed by atoms with van der Waals surface area (Å²) >= 11 is 3.94. The van der Waals surface area contributed by atoms with E-state index in [0.717, 1.165) is 38.8 Å². The first kappa shape index (κ1) is 18.6. The van der Waals surface area contributed by atoms with Crippen LogP contribution in [0.25, 0.3) is 0 Å². The van der Waals surface area contributed by atoms with Crippen molar-refractivity contribution >= 4 is 35.3 Å². The maximum atomic E-state index is 12.2. The van der Waals surface area contributed by atoms with Gasteiger partial charge in [0.1, 0.15) is 0 Å². The number of thioether (sulfide) groups is 2. The molecule has 2 aliphatic heterocycles. The van der Waals surface area contributed by atoms with E-state index in [0.29, 0.717) is 23.1 Å². The summed E-state index contributed by atoms with van der Waals surface area (Å²) in [6.45, 7) is 2.22. The molecule has 0 saturated carbocycles. The van der Waals surface area contributed by atoms with Crippen LogP contribution < -0.4 is 5.32 Å². The summed E-state index contributed by atoms with van der Waals surface area (Å²) in [6, 6.07) is 7.98. The summed E-state index contributed by atoms with van der Waals surface area (Å²) in [7, 11) is 0. The second-order valence-corrected chi connectivity index (χ2v) is 9.22. The zero-order chi connectivity index (χ0) is 17.5. The van der Waals surface area contributed by atoms with Gasteiger partial charge in [0.15, 0.2) is 0 Å². The SMILES string of the molecule is O=C(NCCCN1CCCCCC1=O)c1ccc(C2SCCS2)cc1. The quantitative estimate of drug-likeness (QED) is 0.767. The summed E-state index contributed by atoms with van der Waals surface area (Å²) in [5.74, 6) is 2.65. The molecule has 25 heavy (non-hydrogen) atoms. The molecule has 2 saturated heterocycles. The number of amides is 2. The Morgan fingerprint density at radius 1 is 1.12 bits per heavy atom. The van der Waals surface area contributed by atoms with E-state index in [1.54, 1.807) is 0 Å².